The highest BCUT2D eigenvalue weighted by Crippen LogP contribution is 2.25. The molecule has 2 atom stereocenters. The van der Waals surface area contributed by atoms with E-state index in [-0.39, 0.29) is 17.9 Å². The average Bonchev–Trinajstić information content (AvgIpc) is 2.86. The van der Waals surface area contributed by atoms with E-state index in [4.69, 9.17) is 10.5 Å². The van der Waals surface area contributed by atoms with Crippen molar-refractivity contribution in [1.82, 2.24) is 5.32 Å². The van der Waals surface area contributed by atoms with Gasteiger partial charge in [0.15, 0.2) is 0 Å². The molecule has 1 N–H and O–H groups in total. The van der Waals surface area contributed by atoms with Gasteiger partial charge in [-0.25, -0.2) is 0 Å². The van der Waals surface area contributed by atoms with Crippen LogP contribution in [0, 0.1) is 28.6 Å². The lowest BCUT2D eigenvalue weighted by molar-refractivity contribution is 0.0933. The van der Waals surface area contributed by atoms with Crippen molar-refractivity contribution in [3.63, 3.8) is 0 Å². The van der Waals surface area contributed by atoms with Crippen LogP contribution in [0.2, 0.25) is 0 Å². The molecule has 1 aliphatic rings. The van der Waals surface area contributed by atoms with Gasteiger partial charge in [0, 0.05) is 11.6 Å². The van der Waals surface area contributed by atoms with Gasteiger partial charge in [0.25, 0.3) is 5.91 Å². The number of nitriles is 2. The van der Waals surface area contributed by atoms with Crippen LogP contribution in [0.3, 0.4) is 0 Å². The van der Waals surface area contributed by atoms with E-state index >= 15 is 0 Å². The standard InChI is InChI=1S/C14H13N3O/c15-8-10-4-6-11(7-5-10)14(18)17-13-3-1-2-12(13)9-16/h4-7,12-13H,1-3H2,(H,17,18). The molecule has 2 unspecified atom stereocenters. The third-order valence-corrected chi connectivity index (χ3v) is 3.27. The molecule has 0 saturated heterocycles. The van der Waals surface area contributed by atoms with Gasteiger partial charge in [-0.3, -0.25) is 4.79 Å². The Morgan fingerprint density at radius 3 is 2.56 bits per heavy atom. The maximum absolute atomic E-state index is 12.0. The Morgan fingerprint density at radius 1 is 1.22 bits per heavy atom. The van der Waals surface area contributed by atoms with Crippen LogP contribution in [0.4, 0.5) is 0 Å². The molecule has 1 aromatic carbocycles. The minimum Gasteiger partial charge on any atom is -0.348 e. The molecule has 1 saturated carbocycles. The normalized spacial score (nSPS) is 21.9. The predicted molar refractivity (Wildman–Crippen MR) is 65.4 cm³/mol. The average molecular weight is 239 g/mol. The second kappa shape index (κ2) is 5.33. The fourth-order valence-electron chi connectivity index (χ4n) is 2.24. The Labute approximate surface area is 106 Å². The number of carbonyl (C=O) groups excluding carboxylic acids is 1. The lowest BCUT2D eigenvalue weighted by Gasteiger charge is -2.15. The largest absolute Gasteiger partial charge is 0.348 e. The first-order valence-electron chi connectivity index (χ1n) is 5.95. The maximum atomic E-state index is 12.0. The van der Waals surface area contributed by atoms with E-state index < -0.39 is 0 Å². The van der Waals surface area contributed by atoms with Crippen LogP contribution in [0.25, 0.3) is 0 Å². The number of amides is 1. The van der Waals surface area contributed by atoms with Gasteiger partial charge in [-0.2, -0.15) is 10.5 Å². The fraction of sp³-hybridized carbons (Fsp3) is 0.357. The van der Waals surface area contributed by atoms with Gasteiger partial charge in [0.05, 0.1) is 23.6 Å². The summed E-state index contributed by atoms with van der Waals surface area (Å²) in [6, 6.07) is 10.7. The first kappa shape index (κ1) is 12.1. The molecule has 0 aromatic heterocycles. The highest BCUT2D eigenvalue weighted by Gasteiger charge is 2.28. The summed E-state index contributed by atoms with van der Waals surface area (Å²) in [7, 11) is 0. The summed E-state index contributed by atoms with van der Waals surface area (Å²) in [6.45, 7) is 0. The van der Waals surface area contributed by atoms with E-state index in [2.05, 4.69) is 11.4 Å². The van der Waals surface area contributed by atoms with Crippen LogP contribution in [0.1, 0.15) is 35.2 Å². The lowest BCUT2D eigenvalue weighted by Crippen LogP contribution is -2.36. The summed E-state index contributed by atoms with van der Waals surface area (Å²) in [6.07, 6.45) is 2.70. The van der Waals surface area contributed by atoms with Crippen molar-refractivity contribution < 1.29 is 4.79 Å². The van der Waals surface area contributed by atoms with Crippen LogP contribution < -0.4 is 5.32 Å². The fourth-order valence-corrected chi connectivity index (χ4v) is 2.24. The SMILES string of the molecule is N#Cc1ccc(C(=O)NC2CCCC2C#N)cc1. The molecule has 4 nitrogen and oxygen atoms in total. The van der Waals surface area contributed by atoms with Crippen molar-refractivity contribution in [2.45, 2.75) is 25.3 Å². The van der Waals surface area contributed by atoms with Gasteiger partial charge in [-0.1, -0.05) is 0 Å². The van der Waals surface area contributed by atoms with E-state index in [0.29, 0.717) is 11.1 Å². The monoisotopic (exact) mass is 239 g/mol. The van der Waals surface area contributed by atoms with E-state index in [1.807, 2.05) is 6.07 Å². The zero-order valence-electron chi connectivity index (χ0n) is 9.89. The highest BCUT2D eigenvalue weighted by atomic mass is 16.1. The van der Waals surface area contributed by atoms with Gasteiger partial charge >= 0.3 is 0 Å². The van der Waals surface area contributed by atoms with Gasteiger partial charge in [-0.05, 0) is 43.5 Å². The predicted octanol–water partition coefficient (Wildman–Crippen LogP) is 1.98. The Kier molecular flexibility index (Phi) is 3.60. The van der Waals surface area contributed by atoms with Gasteiger partial charge in [-0.15, -0.1) is 0 Å². The van der Waals surface area contributed by atoms with Crippen molar-refractivity contribution in [1.29, 1.82) is 10.5 Å². The minimum absolute atomic E-state index is 0.0434. The Balaban J connectivity index is 2.03. The van der Waals surface area contributed by atoms with Gasteiger partial charge in [0.2, 0.25) is 0 Å². The van der Waals surface area contributed by atoms with E-state index in [1.165, 1.54) is 0 Å². The van der Waals surface area contributed by atoms with E-state index in [9.17, 15) is 4.79 Å². The Bertz CT molecular complexity index is 521. The number of carbonyl (C=O) groups is 1. The smallest absolute Gasteiger partial charge is 0.251 e. The van der Waals surface area contributed by atoms with Crippen LogP contribution >= 0.6 is 0 Å². The van der Waals surface area contributed by atoms with Crippen molar-refractivity contribution in [2.24, 2.45) is 5.92 Å². The molecule has 18 heavy (non-hydrogen) atoms. The minimum atomic E-state index is -0.174. The molecule has 4 heteroatoms. The summed E-state index contributed by atoms with van der Waals surface area (Å²) >= 11 is 0. The molecule has 0 heterocycles. The van der Waals surface area contributed by atoms with Gasteiger partial charge in [0.1, 0.15) is 0 Å². The number of hydrogen-bond donors (Lipinski definition) is 1. The maximum Gasteiger partial charge on any atom is 0.251 e. The van der Waals surface area contributed by atoms with Crippen LogP contribution in [-0.2, 0) is 0 Å². The summed E-state index contributed by atoms with van der Waals surface area (Å²) in [5, 5.41) is 20.5. The van der Waals surface area contributed by atoms with Crippen molar-refractivity contribution in [3.8, 4) is 12.1 Å². The number of benzene rings is 1. The molecule has 2 rings (SSSR count). The Morgan fingerprint density at radius 2 is 1.94 bits per heavy atom. The molecule has 1 amide bonds. The van der Waals surface area contributed by atoms with Crippen molar-refractivity contribution in [3.05, 3.63) is 35.4 Å². The zero-order chi connectivity index (χ0) is 13.0. The summed E-state index contributed by atoms with van der Waals surface area (Å²) in [4.78, 5) is 12.0. The van der Waals surface area contributed by atoms with E-state index in [1.54, 1.807) is 24.3 Å². The third-order valence-electron chi connectivity index (χ3n) is 3.27. The second-order valence-corrected chi connectivity index (χ2v) is 4.44. The van der Waals surface area contributed by atoms with Crippen LogP contribution in [0.15, 0.2) is 24.3 Å². The van der Waals surface area contributed by atoms with Crippen molar-refractivity contribution >= 4 is 5.91 Å². The third kappa shape index (κ3) is 2.49. The number of nitrogens with zero attached hydrogens (tertiary/aromatic N) is 2. The highest BCUT2D eigenvalue weighted by molar-refractivity contribution is 5.94. The lowest BCUT2D eigenvalue weighted by atomic mass is 10.0. The molecular weight excluding hydrogens is 226 g/mol. The molecule has 0 spiro atoms. The molecule has 90 valence electrons. The quantitative estimate of drug-likeness (QED) is 0.857. The van der Waals surface area contributed by atoms with Gasteiger partial charge < -0.3 is 5.32 Å². The second-order valence-electron chi connectivity index (χ2n) is 4.44. The molecule has 1 fully saturated rings. The molecule has 0 radical (unpaired) electrons. The first-order valence-corrected chi connectivity index (χ1v) is 5.95. The topological polar surface area (TPSA) is 76.7 Å². The van der Waals surface area contributed by atoms with Crippen LogP contribution in [-0.4, -0.2) is 11.9 Å². The summed E-state index contributed by atoms with van der Waals surface area (Å²) in [5.41, 5.74) is 1.06. The van der Waals surface area contributed by atoms with Crippen LogP contribution in [0.5, 0.6) is 0 Å². The van der Waals surface area contributed by atoms with E-state index in [0.717, 1.165) is 19.3 Å². The number of nitrogens with one attached hydrogen (secondary N) is 1. The first-order chi connectivity index (χ1) is 8.74. The zero-order valence-corrected chi connectivity index (χ0v) is 9.89. The van der Waals surface area contributed by atoms with Crippen molar-refractivity contribution in [2.75, 3.05) is 0 Å². The Hall–Kier alpha value is -2.33. The number of hydrogen-bond acceptors (Lipinski definition) is 3. The molecule has 0 bridgehead atoms. The summed E-state index contributed by atoms with van der Waals surface area (Å²) in [5.74, 6) is -0.251. The number of rotatable bonds is 2. The molecule has 0 aliphatic heterocycles. The molecule has 1 aliphatic carbocycles. The summed E-state index contributed by atoms with van der Waals surface area (Å²) < 4.78 is 0. The molecular formula is C14H13N3O. The molecule has 1 aromatic rings.